The largest absolute Gasteiger partial charge is 0.493 e. The molecule has 0 aliphatic carbocycles. The van der Waals surface area contributed by atoms with Crippen LogP contribution in [0.5, 0.6) is 11.5 Å². The van der Waals surface area contributed by atoms with Crippen molar-refractivity contribution >= 4 is 17.7 Å². The molecule has 0 fully saturated rings. The number of nitriles is 1. The van der Waals surface area contributed by atoms with Gasteiger partial charge in [0.05, 0.1) is 18.7 Å². The van der Waals surface area contributed by atoms with Crippen LogP contribution >= 0.6 is 11.8 Å². The van der Waals surface area contributed by atoms with E-state index in [-0.39, 0.29) is 12.5 Å². The Bertz CT molecular complexity index is 754. The average Bonchev–Trinajstić information content (AvgIpc) is 2.64. The summed E-state index contributed by atoms with van der Waals surface area (Å²) in [6.07, 6.45) is 0. The zero-order valence-corrected chi connectivity index (χ0v) is 15.1. The van der Waals surface area contributed by atoms with Crippen molar-refractivity contribution in [3.8, 4) is 17.6 Å². The van der Waals surface area contributed by atoms with E-state index in [0.717, 1.165) is 5.75 Å². The monoisotopic (exact) mass is 356 g/mol. The molecular weight excluding hydrogens is 336 g/mol. The molecule has 1 amide bonds. The molecule has 0 unspecified atom stereocenters. The van der Waals surface area contributed by atoms with Crippen LogP contribution in [0, 0.1) is 18.3 Å². The Balaban J connectivity index is 1.72. The number of hydrogen-bond acceptors (Lipinski definition) is 5. The van der Waals surface area contributed by atoms with E-state index in [4.69, 9.17) is 14.7 Å². The third kappa shape index (κ3) is 6.05. The summed E-state index contributed by atoms with van der Waals surface area (Å²) in [6.45, 7) is 2.51. The van der Waals surface area contributed by atoms with E-state index >= 15 is 0 Å². The third-order valence-electron chi connectivity index (χ3n) is 3.37. The zero-order chi connectivity index (χ0) is 18.1. The molecule has 25 heavy (non-hydrogen) atoms. The summed E-state index contributed by atoms with van der Waals surface area (Å²) in [4.78, 5) is 13.0. The van der Waals surface area contributed by atoms with Gasteiger partial charge in [-0.15, -0.1) is 11.8 Å². The molecular formula is C19H20N2O3S. The van der Waals surface area contributed by atoms with E-state index in [1.807, 2.05) is 6.07 Å². The smallest absolute Gasteiger partial charge is 0.257 e. The number of thioether (sulfide) groups is 1. The summed E-state index contributed by atoms with van der Waals surface area (Å²) in [5.74, 6) is 1.46. The molecule has 5 nitrogen and oxygen atoms in total. The first kappa shape index (κ1) is 18.7. The minimum absolute atomic E-state index is 0.0997. The number of rotatable bonds is 8. The lowest BCUT2D eigenvalue weighted by Gasteiger charge is -2.11. The van der Waals surface area contributed by atoms with Gasteiger partial charge in [0.15, 0.2) is 18.1 Å². The van der Waals surface area contributed by atoms with Crippen molar-refractivity contribution in [2.45, 2.75) is 11.8 Å². The van der Waals surface area contributed by atoms with E-state index in [9.17, 15) is 4.79 Å². The van der Waals surface area contributed by atoms with E-state index in [1.54, 1.807) is 30.0 Å². The quantitative estimate of drug-likeness (QED) is 0.581. The summed E-state index contributed by atoms with van der Waals surface area (Å²) in [5, 5.41) is 11.7. The predicted molar refractivity (Wildman–Crippen MR) is 98.1 cm³/mol. The molecule has 6 heteroatoms. The van der Waals surface area contributed by atoms with Gasteiger partial charge in [-0.1, -0.05) is 17.7 Å². The normalized spacial score (nSPS) is 9.96. The molecule has 0 aliphatic rings. The van der Waals surface area contributed by atoms with Crippen molar-refractivity contribution in [2.75, 3.05) is 26.0 Å². The molecule has 2 rings (SSSR count). The summed E-state index contributed by atoms with van der Waals surface area (Å²) in [7, 11) is 1.49. The number of ether oxygens (including phenoxy) is 2. The first-order valence-corrected chi connectivity index (χ1v) is 8.78. The highest BCUT2D eigenvalue weighted by Gasteiger charge is 2.08. The Labute approximate surface area is 151 Å². The Morgan fingerprint density at radius 3 is 2.64 bits per heavy atom. The molecule has 0 spiro atoms. The van der Waals surface area contributed by atoms with Gasteiger partial charge in [0.1, 0.15) is 0 Å². The molecule has 0 aliphatic heterocycles. The minimum atomic E-state index is -0.198. The minimum Gasteiger partial charge on any atom is -0.493 e. The van der Waals surface area contributed by atoms with Gasteiger partial charge < -0.3 is 14.8 Å². The van der Waals surface area contributed by atoms with Crippen molar-refractivity contribution in [2.24, 2.45) is 0 Å². The first-order chi connectivity index (χ1) is 12.1. The standard InChI is InChI=1S/C19H20N2O3S/c1-14-3-6-16(7-4-14)25-10-9-21-19(22)13-24-17-8-5-15(12-20)11-18(17)23-2/h3-8,11H,9-10,13H2,1-2H3,(H,21,22). The second-order valence-corrected chi connectivity index (χ2v) is 6.45. The topological polar surface area (TPSA) is 71.3 Å². The number of methoxy groups -OCH3 is 1. The number of nitrogens with one attached hydrogen (secondary N) is 1. The van der Waals surface area contributed by atoms with Crippen molar-refractivity contribution in [3.05, 3.63) is 53.6 Å². The van der Waals surface area contributed by atoms with Gasteiger partial charge in [0.2, 0.25) is 0 Å². The van der Waals surface area contributed by atoms with Gasteiger partial charge in [0.25, 0.3) is 5.91 Å². The zero-order valence-electron chi connectivity index (χ0n) is 14.2. The van der Waals surface area contributed by atoms with E-state index in [1.165, 1.54) is 17.6 Å². The molecule has 1 N–H and O–H groups in total. The molecule has 0 heterocycles. The van der Waals surface area contributed by atoms with Crippen LogP contribution in [0.25, 0.3) is 0 Å². The molecule has 0 aromatic heterocycles. The fraction of sp³-hybridized carbons (Fsp3) is 0.263. The van der Waals surface area contributed by atoms with Crippen molar-refractivity contribution < 1.29 is 14.3 Å². The lowest BCUT2D eigenvalue weighted by Crippen LogP contribution is -2.30. The lowest BCUT2D eigenvalue weighted by molar-refractivity contribution is -0.122. The van der Waals surface area contributed by atoms with Crippen LogP contribution in [0.1, 0.15) is 11.1 Å². The summed E-state index contributed by atoms with van der Waals surface area (Å²) >= 11 is 1.69. The van der Waals surface area contributed by atoms with E-state index in [2.05, 4.69) is 36.5 Å². The third-order valence-corrected chi connectivity index (χ3v) is 4.38. The van der Waals surface area contributed by atoms with Crippen LogP contribution in [-0.4, -0.2) is 31.9 Å². The molecule has 0 atom stereocenters. The Morgan fingerprint density at radius 1 is 1.20 bits per heavy atom. The number of benzene rings is 2. The van der Waals surface area contributed by atoms with Crippen molar-refractivity contribution in [1.29, 1.82) is 5.26 Å². The van der Waals surface area contributed by atoms with E-state index < -0.39 is 0 Å². The second-order valence-electron chi connectivity index (χ2n) is 5.28. The molecule has 2 aromatic carbocycles. The number of carbonyl (C=O) groups is 1. The van der Waals surface area contributed by atoms with Crippen LogP contribution in [-0.2, 0) is 4.79 Å². The van der Waals surface area contributed by atoms with Gasteiger partial charge in [-0.05, 0) is 31.2 Å². The molecule has 0 radical (unpaired) electrons. The van der Waals surface area contributed by atoms with Crippen LogP contribution in [0.3, 0.4) is 0 Å². The van der Waals surface area contributed by atoms with Crippen LogP contribution in [0.4, 0.5) is 0 Å². The Morgan fingerprint density at radius 2 is 1.96 bits per heavy atom. The number of nitrogens with zero attached hydrogens (tertiary/aromatic N) is 1. The first-order valence-electron chi connectivity index (χ1n) is 7.79. The molecule has 2 aromatic rings. The predicted octanol–water partition coefficient (Wildman–Crippen LogP) is 3.16. The highest BCUT2D eigenvalue weighted by molar-refractivity contribution is 7.99. The fourth-order valence-corrected chi connectivity index (χ4v) is 2.81. The van der Waals surface area contributed by atoms with Gasteiger partial charge in [-0.3, -0.25) is 4.79 Å². The second kappa shape index (κ2) is 9.60. The highest BCUT2D eigenvalue weighted by atomic mass is 32.2. The van der Waals surface area contributed by atoms with Gasteiger partial charge in [-0.25, -0.2) is 0 Å². The molecule has 0 saturated heterocycles. The van der Waals surface area contributed by atoms with Gasteiger partial charge >= 0.3 is 0 Å². The summed E-state index contributed by atoms with van der Waals surface area (Å²) < 4.78 is 10.6. The highest BCUT2D eigenvalue weighted by Crippen LogP contribution is 2.27. The number of carbonyl (C=O) groups excluding carboxylic acids is 1. The van der Waals surface area contributed by atoms with Crippen LogP contribution in [0.15, 0.2) is 47.4 Å². The number of hydrogen-bond donors (Lipinski definition) is 1. The summed E-state index contributed by atoms with van der Waals surface area (Å²) in [5.41, 5.74) is 1.70. The van der Waals surface area contributed by atoms with E-state index in [0.29, 0.717) is 23.6 Å². The maximum atomic E-state index is 11.9. The van der Waals surface area contributed by atoms with Crippen LogP contribution in [0.2, 0.25) is 0 Å². The maximum absolute atomic E-state index is 11.9. The lowest BCUT2D eigenvalue weighted by atomic mass is 10.2. The van der Waals surface area contributed by atoms with Gasteiger partial charge in [-0.2, -0.15) is 5.26 Å². The molecule has 130 valence electrons. The average molecular weight is 356 g/mol. The molecule has 0 bridgehead atoms. The van der Waals surface area contributed by atoms with Crippen molar-refractivity contribution in [3.63, 3.8) is 0 Å². The SMILES string of the molecule is COc1cc(C#N)ccc1OCC(=O)NCCSc1ccc(C)cc1. The van der Waals surface area contributed by atoms with Crippen molar-refractivity contribution in [1.82, 2.24) is 5.32 Å². The van der Waals surface area contributed by atoms with Crippen LogP contribution < -0.4 is 14.8 Å². The number of aryl methyl sites for hydroxylation is 1. The summed E-state index contributed by atoms with van der Waals surface area (Å²) in [6, 6.07) is 15.1. The number of amides is 1. The fourth-order valence-electron chi connectivity index (χ4n) is 2.04. The Hall–Kier alpha value is -2.65. The maximum Gasteiger partial charge on any atom is 0.257 e. The van der Waals surface area contributed by atoms with Gasteiger partial charge in [0, 0.05) is 23.3 Å². The molecule has 0 saturated carbocycles. The Kier molecular flexibility index (Phi) is 7.17.